The van der Waals surface area contributed by atoms with Gasteiger partial charge in [0.25, 0.3) is 0 Å². The smallest absolute Gasteiger partial charge is 0.316 e. The molecular weight excluding hydrogens is 345 g/mol. The molecule has 5 nitrogen and oxygen atoms in total. The number of halogens is 1. The molecule has 0 heterocycles. The highest BCUT2D eigenvalue weighted by molar-refractivity contribution is 8.00. The lowest BCUT2D eigenvalue weighted by atomic mass is 10.1. The number of rotatable bonds is 7. The van der Waals surface area contributed by atoms with Gasteiger partial charge in [0, 0.05) is 23.1 Å². The van der Waals surface area contributed by atoms with Gasteiger partial charge in [0.1, 0.15) is 5.82 Å². The quantitative estimate of drug-likeness (QED) is 0.465. The van der Waals surface area contributed by atoms with E-state index in [-0.39, 0.29) is 17.4 Å². The monoisotopic (exact) mass is 361 g/mol. The number of Topliss-reactive ketones (excluding diaryl/α,β-unsaturated/α-hetero) is 1. The summed E-state index contributed by atoms with van der Waals surface area (Å²) in [6, 6.07) is 12.4. The zero-order valence-corrected chi connectivity index (χ0v) is 14.3. The Hall–Kier alpha value is -2.67. The van der Waals surface area contributed by atoms with Gasteiger partial charge in [-0.25, -0.2) is 4.39 Å². The topological polar surface area (TPSA) is 72.5 Å². The lowest BCUT2D eigenvalue weighted by molar-refractivity contribution is -0.139. The second-order valence-corrected chi connectivity index (χ2v) is 6.08. The standard InChI is InChI=1S/C18H16FNO4S/c1-12(21)20-14-8-6-13(7-9-14)16(22)10-24-18(23)11-25-17-5-3-2-4-15(17)19/h2-9H,10-11H2,1H3,(H,20,21). The van der Waals surface area contributed by atoms with Crippen molar-refractivity contribution < 1.29 is 23.5 Å². The van der Waals surface area contributed by atoms with Crippen molar-refractivity contribution in [2.45, 2.75) is 11.8 Å². The fourth-order valence-corrected chi connectivity index (χ4v) is 2.65. The van der Waals surface area contributed by atoms with Gasteiger partial charge in [-0.3, -0.25) is 14.4 Å². The molecule has 0 spiro atoms. The first kappa shape index (κ1) is 18.7. The molecule has 0 unspecified atom stereocenters. The maximum atomic E-state index is 13.4. The van der Waals surface area contributed by atoms with Crippen molar-refractivity contribution >= 4 is 35.1 Å². The third-order valence-electron chi connectivity index (χ3n) is 3.07. The third kappa shape index (κ3) is 6.04. The average molecular weight is 361 g/mol. The second kappa shape index (κ2) is 8.98. The summed E-state index contributed by atoms with van der Waals surface area (Å²) in [5.41, 5.74) is 0.936. The highest BCUT2D eigenvalue weighted by atomic mass is 32.2. The van der Waals surface area contributed by atoms with Crippen molar-refractivity contribution in [3.63, 3.8) is 0 Å². The first-order valence-corrected chi connectivity index (χ1v) is 8.38. The molecule has 1 amide bonds. The lowest BCUT2D eigenvalue weighted by Gasteiger charge is -2.06. The van der Waals surface area contributed by atoms with Crippen LogP contribution in [0.5, 0.6) is 0 Å². The van der Waals surface area contributed by atoms with Crippen LogP contribution in [0.2, 0.25) is 0 Å². The number of hydrogen-bond donors (Lipinski definition) is 1. The van der Waals surface area contributed by atoms with E-state index in [4.69, 9.17) is 4.74 Å². The summed E-state index contributed by atoms with van der Waals surface area (Å²) >= 11 is 1.01. The van der Waals surface area contributed by atoms with Crippen molar-refractivity contribution in [3.05, 3.63) is 59.9 Å². The van der Waals surface area contributed by atoms with E-state index >= 15 is 0 Å². The van der Waals surface area contributed by atoms with Crippen LogP contribution in [-0.4, -0.2) is 30.0 Å². The van der Waals surface area contributed by atoms with Gasteiger partial charge in [0.05, 0.1) is 5.75 Å². The SMILES string of the molecule is CC(=O)Nc1ccc(C(=O)COC(=O)CSc2ccccc2F)cc1. The predicted molar refractivity (Wildman–Crippen MR) is 93.2 cm³/mol. The molecule has 0 aliphatic carbocycles. The van der Waals surface area contributed by atoms with E-state index in [0.717, 1.165) is 11.8 Å². The Balaban J connectivity index is 1.80. The third-order valence-corrected chi connectivity index (χ3v) is 4.10. The molecule has 2 rings (SSSR count). The minimum absolute atomic E-state index is 0.0876. The highest BCUT2D eigenvalue weighted by Gasteiger charge is 2.11. The Labute approximate surface area is 148 Å². The summed E-state index contributed by atoms with van der Waals surface area (Å²) in [7, 11) is 0. The summed E-state index contributed by atoms with van der Waals surface area (Å²) in [5.74, 6) is -1.67. The zero-order chi connectivity index (χ0) is 18.2. The second-order valence-electron chi connectivity index (χ2n) is 5.06. The van der Waals surface area contributed by atoms with Crippen LogP contribution < -0.4 is 5.32 Å². The zero-order valence-electron chi connectivity index (χ0n) is 13.5. The van der Waals surface area contributed by atoms with Crippen LogP contribution >= 0.6 is 11.8 Å². The van der Waals surface area contributed by atoms with E-state index < -0.39 is 18.4 Å². The van der Waals surface area contributed by atoms with E-state index in [2.05, 4.69) is 5.32 Å². The summed E-state index contributed by atoms with van der Waals surface area (Å²) in [5, 5.41) is 2.59. The van der Waals surface area contributed by atoms with Crippen molar-refractivity contribution in [2.75, 3.05) is 17.7 Å². The van der Waals surface area contributed by atoms with Crippen molar-refractivity contribution in [1.82, 2.24) is 0 Å². The number of carbonyl (C=O) groups excluding carboxylic acids is 3. The Morgan fingerprint density at radius 2 is 1.76 bits per heavy atom. The largest absolute Gasteiger partial charge is 0.457 e. The number of amides is 1. The molecule has 7 heteroatoms. The predicted octanol–water partition coefficient (Wildman–Crippen LogP) is 3.30. The van der Waals surface area contributed by atoms with Crippen LogP contribution in [0.15, 0.2) is 53.4 Å². The molecule has 0 saturated heterocycles. The van der Waals surface area contributed by atoms with E-state index in [1.807, 2.05) is 0 Å². The van der Waals surface area contributed by atoms with Crippen LogP contribution in [0.4, 0.5) is 10.1 Å². The number of hydrogen-bond acceptors (Lipinski definition) is 5. The van der Waals surface area contributed by atoms with Gasteiger partial charge in [-0.05, 0) is 36.4 Å². The molecule has 130 valence electrons. The molecule has 2 aromatic rings. The highest BCUT2D eigenvalue weighted by Crippen LogP contribution is 2.21. The number of carbonyl (C=O) groups is 3. The molecule has 0 radical (unpaired) electrons. The Morgan fingerprint density at radius 3 is 2.40 bits per heavy atom. The molecular formula is C18H16FNO4S. The number of thioether (sulfide) groups is 1. The van der Waals surface area contributed by atoms with Gasteiger partial charge in [-0.1, -0.05) is 12.1 Å². The van der Waals surface area contributed by atoms with Gasteiger partial charge < -0.3 is 10.1 Å². The summed E-state index contributed by atoms with van der Waals surface area (Å²) in [6.45, 7) is 0.994. The minimum Gasteiger partial charge on any atom is -0.457 e. The molecule has 0 atom stereocenters. The van der Waals surface area contributed by atoms with E-state index in [1.54, 1.807) is 30.3 Å². The number of ketones is 1. The maximum absolute atomic E-state index is 13.4. The van der Waals surface area contributed by atoms with E-state index in [0.29, 0.717) is 16.1 Å². The number of esters is 1. The Bertz CT molecular complexity index is 777. The van der Waals surface area contributed by atoms with Gasteiger partial charge in [0.15, 0.2) is 12.4 Å². The van der Waals surface area contributed by atoms with Crippen molar-refractivity contribution in [1.29, 1.82) is 0 Å². The summed E-state index contributed by atoms with van der Waals surface area (Å²) in [4.78, 5) is 34.9. The molecule has 1 N–H and O–H groups in total. The van der Waals surface area contributed by atoms with Crippen LogP contribution in [0.3, 0.4) is 0 Å². The van der Waals surface area contributed by atoms with Crippen molar-refractivity contribution in [3.8, 4) is 0 Å². The van der Waals surface area contributed by atoms with Gasteiger partial charge in [0.2, 0.25) is 5.91 Å². The Kier molecular flexibility index (Phi) is 6.71. The Morgan fingerprint density at radius 1 is 1.08 bits per heavy atom. The van der Waals surface area contributed by atoms with Gasteiger partial charge in [-0.2, -0.15) is 0 Å². The van der Waals surface area contributed by atoms with Crippen LogP contribution in [0.25, 0.3) is 0 Å². The summed E-state index contributed by atoms with van der Waals surface area (Å²) < 4.78 is 18.3. The molecule has 0 saturated carbocycles. The van der Waals surface area contributed by atoms with Crippen LogP contribution in [0.1, 0.15) is 17.3 Å². The normalized spacial score (nSPS) is 10.2. The number of benzene rings is 2. The molecule has 0 bridgehead atoms. The fraction of sp³-hybridized carbons (Fsp3) is 0.167. The molecule has 0 aliphatic rings. The van der Waals surface area contributed by atoms with Crippen molar-refractivity contribution in [2.24, 2.45) is 0 Å². The maximum Gasteiger partial charge on any atom is 0.316 e. The fourth-order valence-electron chi connectivity index (χ4n) is 1.91. The number of ether oxygens (including phenoxy) is 1. The van der Waals surface area contributed by atoms with Gasteiger partial charge in [-0.15, -0.1) is 11.8 Å². The van der Waals surface area contributed by atoms with E-state index in [9.17, 15) is 18.8 Å². The average Bonchev–Trinajstić information content (AvgIpc) is 2.59. The summed E-state index contributed by atoms with van der Waals surface area (Å²) in [6.07, 6.45) is 0. The molecule has 0 aromatic heterocycles. The number of anilines is 1. The van der Waals surface area contributed by atoms with E-state index in [1.165, 1.54) is 25.1 Å². The van der Waals surface area contributed by atoms with Crippen LogP contribution in [0, 0.1) is 5.82 Å². The molecule has 0 aliphatic heterocycles. The molecule has 0 fully saturated rings. The lowest BCUT2D eigenvalue weighted by Crippen LogP contribution is -2.15. The first-order chi connectivity index (χ1) is 12.0. The minimum atomic E-state index is -0.600. The number of nitrogens with one attached hydrogen (secondary N) is 1. The first-order valence-electron chi connectivity index (χ1n) is 7.39. The van der Waals surface area contributed by atoms with Crippen LogP contribution in [-0.2, 0) is 14.3 Å². The molecule has 25 heavy (non-hydrogen) atoms. The van der Waals surface area contributed by atoms with Gasteiger partial charge >= 0.3 is 5.97 Å². The molecule has 2 aromatic carbocycles.